The van der Waals surface area contributed by atoms with Gasteiger partial charge < -0.3 is 0 Å². The molecule has 1 N–H and O–H groups in total. The summed E-state index contributed by atoms with van der Waals surface area (Å²) in [5, 5.41) is 7.17. The van der Waals surface area contributed by atoms with Crippen LogP contribution in [0.1, 0.15) is 21.8 Å². The normalized spacial score (nSPS) is 10.3. The van der Waals surface area contributed by atoms with Crippen LogP contribution in [-0.4, -0.2) is 16.6 Å². The van der Waals surface area contributed by atoms with Crippen molar-refractivity contribution in [2.75, 3.05) is 0 Å². The van der Waals surface area contributed by atoms with Crippen molar-refractivity contribution in [1.29, 1.82) is 0 Å². The van der Waals surface area contributed by atoms with E-state index in [0.29, 0.717) is 12.8 Å². The molecule has 3 rings (SSSR count). The fraction of sp³-hybridized carbons (Fsp3) is 0.190. The molecule has 1 aromatic heterocycles. The lowest BCUT2D eigenvalue weighted by molar-refractivity contribution is -0.120. The minimum atomic E-state index is -0.141. The second kappa shape index (κ2) is 9.06. The summed E-state index contributed by atoms with van der Waals surface area (Å²) in [6.45, 7) is 1.92. The molecule has 0 fully saturated rings. The Morgan fingerprint density at radius 3 is 2.04 bits per heavy atom. The first kappa shape index (κ1) is 18.0. The molecule has 0 saturated heterocycles. The summed E-state index contributed by atoms with van der Waals surface area (Å²) >= 11 is 1.50. The van der Waals surface area contributed by atoms with E-state index >= 15 is 0 Å². The topological polar surface area (TPSA) is 54.4 Å². The highest BCUT2D eigenvalue weighted by atomic mass is 32.1. The maximum atomic E-state index is 12.2. The minimum absolute atomic E-state index is 0.141. The van der Waals surface area contributed by atoms with E-state index in [1.165, 1.54) is 22.5 Å². The van der Waals surface area contributed by atoms with Gasteiger partial charge in [-0.25, -0.2) is 10.4 Å². The van der Waals surface area contributed by atoms with Gasteiger partial charge in [0.05, 0.1) is 6.42 Å². The SMILES string of the molecule is Cc1csc(CC(=O)NN=C(Cc2ccccc2)Cc2ccccc2)n1. The van der Waals surface area contributed by atoms with Crippen LogP contribution in [0.3, 0.4) is 0 Å². The van der Waals surface area contributed by atoms with E-state index in [2.05, 4.69) is 39.8 Å². The Balaban J connectivity index is 1.68. The number of rotatable bonds is 7. The lowest BCUT2D eigenvalue weighted by Crippen LogP contribution is -2.23. The standard InChI is InChI=1S/C21H21N3OS/c1-16-15-26-21(22-16)14-20(25)24-23-19(12-17-8-4-2-5-9-17)13-18-10-6-3-7-11-18/h2-11,15H,12-14H2,1H3,(H,24,25). The molecular weight excluding hydrogens is 342 g/mol. The van der Waals surface area contributed by atoms with Crippen molar-refractivity contribution < 1.29 is 4.79 Å². The Hall–Kier alpha value is -2.79. The molecule has 0 unspecified atom stereocenters. The van der Waals surface area contributed by atoms with E-state index in [-0.39, 0.29) is 12.3 Å². The number of hydrogen-bond donors (Lipinski definition) is 1. The van der Waals surface area contributed by atoms with Crippen molar-refractivity contribution in [3.8, 4) is 0 Å². The third-order valence-electron chi connectivity index (χ3n) is 3.82. The molecule has 1 amide bonds. The first-order chi connectivity index (χ1) is 12.7. The van der Waals surface area contributed by atoms with E-state index in [1.807, 2.05) is 48.7 Å². The fourth-order valence-corrected chi connectivity index (χ4v) is 3.38. The monoisotopic (exact) mass is 363 g/mol. The predicted octanol–water partition coefficient (Wildman–Crippen LogP) is 3.95. The zero-order chi connectivity index (χ0) is 18.2. The first-order valence-corrected chi connectivity index (χ1v) is 9.40. The number of hydrazone groups is 1. The summed E-state index contributed by atoms with van der Waals surface area (Å²) < 4.78 is 0. The molecule has 0 atom stereocenters. The van der Waals surface area contributed by atoms with Crippen molar-refractivity contribution in [2.45, 2.75) is 26.2 Å². The van der Waals surface area contributed by atoms with Crippen LogP contribution in [0.4, 0.5) is 0 Å². The van der Waals surface area contributed by atoms with Crippen molar-refractivity contribution >= 4 is 23.0 Å². The number of aromatic nitrogens is 1. The number of benzene rings is 2. The number of hydrogen-bond acceptors (Lipinski definition) is 4. The zero-order valence-electron chi connectivity index (χ0n) is 14.7. The average Bonchev–Trinajstić information content (AvgIpc) is 3.06. The molecule has 0 bridgehead atoms. The van der Waals surface area contributed by atoms with Gasteiger partial charge in [-0.15, -0.1) is 11.3 Å². The summed E-state index contributed by atoms with van der Waals surface area (Å²) in [5.41, 5.74) is 6.91. The van der Waals surface area contributed by atoms with Crippen molar-refractivity contribution in [3.05, 3.63) is 87.9 Å². The zero-order valence-corrected chi connectivity index (χ0v) is 15.5. The molecule has 26 heavy (non-hydrogen) atoms. The van der Waals surface area contributed by atoms with Crippen LogP contribution in [0.5, 0.6) is 0 Å². The molecular formula is C21H21N3OS. The molecule has 0 aliphatic rings. The highest BCUT2D eigenvalue weighted by Crippen LogP contribution is 2.10. The van der Waals surface area contributed by atoms with Gasteiger partial charge in [-0.1, -0.05) is 60.7 Å². The summed E-state index contributed by atoms with van der Waals surface area (Å²) in [6.07, 6.45) is 1.66. The van der Waals surface area contributed by atoms with Gasteiger partial charge in [-0.2, -0.15) is 5.10 Å². The molecule has 0 saturated carbocycles. The third-order valence-corrected chi connectivity index (χ3v) is 4.79. The molecule has 0 aliphatic carbocycles. The predicted molar refractivity (Wildman–Crippen MR) is 106 cm³/mol. The second-order valence-electron chi connectivity index (χ2n) is 6.10. The van der Waals surface area contributed by atoms with Gasteiger partial charge in [0.1, 0.15) is 5.01 Å². The van der Waals surface area contributed by atoms with Gasteiger partial charge in [-0.05, 0) is 18.1 Å². The van der Waals surface area contributed by atoms with Crippen molar-refractivity contribution in [2.24, 2.45) is 5.10 Å². The number of nitrogens with one attached hydrogen (secondary N) is 1. The third kappa shape index (κ3) is 5.63. The molecule has 3 aromatic rings. The highest BCUT2D eigenvalue weighted by molar-refractivity contribution is 7.09. The quantitative estimate of drug-likeness (QED) is 0.510. The molecule has 2 aromatic carbocycles. The van der Waals surface area contributed by atoms with Gasteiger partial charge in [0.25, 0.3) is 0 Å². The van der Waals surface area contributed by atoms with Crippen LogP contribution in [0, 0.1) is 6.92 Å². The molecule has 0 spiro atoms. The summed E-state index contributed by atoms with van der Waals surface area (Å²) in [7, 11) is 0. The molecule has 4 nitrogen and oxygen atoms in total. The van der Waals surface area contributed by atoms with E-state index in [0.717, 1.165) is 16.4 Å². The lowest BCUT2D eigenvalue weighted by atomic mass is 10.0. The van der Waals surface area contributed by atoms with Crippen LogP contribution in [0.15, 0.2) is 71.1 Å². The van der Waals surface area contributed by atoms with E-state index in [4.69, 9.17) is 0 Å². The van der Waals surface area contributed by atoms with Gasteiger partial charge in [0, 0.05) is 29.6 Å². The minimum Gasteiger partial charge on any atom is -0.273 e. The maximum Gasteiger partial charge on any atom is 0.246 e. The molecule has 5 heteroatoms. The van der Waals surface area contributed by atoms with Crippen molar-refractivity contribution in [1.82, 2.24) is 10.4 Å². The number of amides is 1. The van der Waals surface area contributed by atoms with Gasteiger partial charge in [0.2, 0.25) is 5.91 Å². The van der Waals surface area contributed by atoms with Crippen LogP contribution in [0.2, 0.25) is 0 Å². The van der Waals surface area contributed by atoms with Crippen LogP contribution < -0.4 is 5.43 Å². The Bertz CT molecular complexity index is 829. The number of nitrogens with zero attached hydrogens (tertiary/aromatic N) is 2. The lowest BCUT2D eigenvalue weighted by Gasteiger charge is -2.08. The van der Waals surface area contributed by atoms with Crippen molar-refractivity contribution in [3.63, 3.8) is 0 Å². The summed E-state index contributed by atoms with van der Waals surface area (Å²) in [4.78, 5) is 16.5. The maximum absolute atomic E-state index is 12.2. The molecule has 132 valence electrons. The fourth-order valence-electron chi connectivity index (χ4n) is 2.61. The van der Waals surface area contributed by atoms with E-state index < -0.39 is 0 Å². The molecule has 0 radical (unpaired) electrons. The van der Waals surface area contributed by atoms with E-state index in [1.54, 1.807) is 0 Å². The number of carbonyl (C=O) groups is 1. The van der Waals surface area contributed by atoms with Crippen LogP contribution >= 0.6 is 11.3 Å². The first-order valence-electron chi connectivity index (χ1n) is 8.52. The Morgan fingerprint density at radius 2 is 1.54 bits per heavy atom. The highest BCUT2D eigenvalue weighted by Gasteiger charge is 2.08. The Morgan fingerprint density at radius 1 is 0.962 bits per heavy atom. The second-order valence-corrected chi connectivity index (χ2v) is 7.04. The number of thiazole rings is 1. The van der Waals surface area contributed by atoms with E-state index in [9.17, 15) is 4.79 Å². The van der Waals surface area contributed by atoms with Gasteiger partial charge in [-0.3, -0.25) is 4.79 Å². The largest absolute Gasteiger partial charge is 0.273 e. The molecule has 0 aliphatic heterocycles. The Labute approximate surface area is 157 Å². The van der Waals surface area contributed by atoms with Gasteiger partial charge in [0.15, 0.2) is 0 Å². The Kier molecular flexibility index (Phi) is 6.28. The number of carbonyl (C=O) groups excluding carboxylic acids is 1. The van der Waals surface area contributed by atoms with Crippen LogP contribution in [-0.2, 0) is 24.1 Å². The smallest absolute Gasteiger partial charge is 0.246 e. The van der Waals surface area contributed by atoms with Crippen LogP contribution in [0.25, 0.3) is 0 Å². The summed E-state index contributed by atoms with van der Waals surface area (Å²) in [5.74, 6) is -0.141. The average molecular weight is 363 g/mol. The summed E-state index contributed by atoms with van der Waals surface area (Å²) in [6, 6.07) is 20.3. The molecule has 1 heterocycles. The van der Waals surface area contributed by atoms with Gasteiger partial charge >= 0.3 is 0 Å². The number of aryl methyl sites for hydroxylation is 1.